The summed E-state index contributed by atoms with van der Waals surface area (Å²) in [5.74, 6) is -2.07. The number of carbonyl (C=O) groups is 2. The molecule has 0 saturated carbocycles. The zero-order valence-electron chi connectivity index (χ0n) is 14.2. The Bertz CT molecular complexity index is 832. The quantitative estimate of drug-likeness (QED) is 0.838. The molecule has 3 rings (SSSR count). The standard InChI is InChI=1S/C17H17F3N4O2/c1-11-9-24-13(8-21-16(24)17(18,19)20)15(26)23(11)10-14(25)22(2)12-6-4-3-5-7-12/h3-8,11H,9-10H2,1-2H3. The van der Waals surface area contributed by atoms with Crippen LogP contribution in [0.15, 0.2) is 36.5 Å². The first-order chi connectivity index (χ1) is 12.2. The normalized spacial score (nSPS) is 17.2. The van der Waals surface area contributed by atoms with Gasteiger partial charge in [-0.05, 0) is 19.1 Å². The van der Waals surface area contributed by atoms with Gasteiger partial charge in [-0.25, -0.2) is 4.98 Å². The average Bonchev–Trinajstić information content (AvgIpc) is 3.02. The van der Waals surface area contributed by atoms with Crippen molar-refractivity contribution >= 4 is 17.5 Å². The van der Waals surface area contributed by atoms with Crippen LogP contribution in [0, 0.1) is 0 Å². The molecule has 2 heterocycles. The molecule has 0 saturated heterocycles. The van der Waals surface area contributed by atoms with Crippen LogP contribution in [0.1, 0.15) is 23.2 Å². The summed E-state index contributed by atoms with van der Waals surface area (Å²) in [5.41, 5.74) is 0.504. The highest BCUT2D eigenvalue weighted by Crippen LogP contribution is 2.31. The lowest BCUT2D eigenvalue weighted by molar-refractivity contribution is -0.147. The summed E-state index contributed by atoms with van der Waals surface area (Å²) in [4.78, 5) is 31.1. The highest BCUT2D eigenvalue weighted by atomic mass is 19.4. The van der Waals surface area contributed by atoms with Crippen molar-refractivity contribution in [2.24, 2.45) is 0 Å². The van der Waals surface area contributed by atoms with Gasteiger partial charge in [-0.15, -0.1) is 0 Å². The maximum Gasteiger partial charge on any atom is 0.449 e. The minimum Gasteiger partial charge on any atom is -0.323 e. The third-order valence-electron chi connectivity index (χ3n) is 4.39. The molecule has 6 nitrogen and oxygen atoms in total. The van der Waals surface area contributed by atoms with E-state index in [2.05, 4.69) is 4.98 Å². The second-order valence-electron chi connectivity index (χ2n) is 6.15. The smallest absolute Gasteiger partial charge is 0.323 e. The lowest BCUT2D eigenvalue weighted by atomic mass is 10.1. The van der Waals surface area contributed by atoms with Gasteiger partial charge in [0.15, 0.2) is 0 Å². The molecule has 26 heavy (non-hydrogen) atoms. The number of hydrogen-bond acceptors (Lipinski definition) is 3. The van der Waals surface area contributed by atoms with Crippen LogP contribution in [0.3, 0.4) is 0 Å². The zero-order valence-corrected chi connectivity index (χ0v) is 14.2. The Balaban J connectivity index is 1.81. The molecule has 1 aromatic carbocycles. The largest absolute Gasteiger partial charge is 0.449 e. The Kier molecular flexibility index (Phi) is 4.47. The number of para-hydroxylation sites is 1. The lowest BCUT2D eigenvalue weighted by Gasteiger charge is -2.35. The van der Waals surface area contributed by atoms with Gasteiger partial charge in [-0.2, -0.15) is 13.2 Å². The molecule has 0 N–H and O–H groups in total. The predicted octanol–water partition coefficient (Wildman–Crippen LogP) is 2.41. The van der Waals surface area contributed by atoms with Crippen molar-refractivity contribution in [3.8, 4) is 0 Å². The number of carbonyl (C=O) groups excluding carboxylic acids is 2. The van der Waals surface area contributed by atoms with Gasteiger partial charge in [0.1, 0.15) is 12.2 Å². The summed E-state index contributed by atoms with van der Waals surface area (Å²) >= 11 is 0. The van der Waals surface area contributed by atoms with E-state index in [1.807, 2.05) is 6.07 Å². The van der Waals surface area contributed by atoms with E-state index in [9.17, 15) is 22.8 Å². The highest BCUT2D eigenvalue weighted by molar-refractivity contribution is 6.00. The number of benzene rings is 1. The number of rotatable bonds is 3. The first kappa shape index (κ1) is 18.0. The molecule has 1 aromatic heterocycles. The molecule has 1 aliphatic rings. The van der Waals surface area contributed by atoms with Crippen molar-refractivity contribution in [1.29, 1.82) is 0 Å². The van der Waals surface area contributed by atoms with Crippen LogP contribution in [0.25, 0.3) is 0 Å². The van der Waals surface area contributed by atoms with Crippen molar-refractivity contribution in [1.82, 2.24) is 14.5 Å². The van der Waals surface area contributed by atoms with Crippen molar-refractivity contribution < 1.29 is 22.8 Å². The van der Waals surface area contributed by atoms with Crippen molar-refractivity contribution in [2.45, 2.75) is 25.7 Å². The number of likely N-dealkylation sites (N-methyl/N-ethyl adjacent to an activating group) is 1. The molecule has 138 valence electrons. The summed E-state index contributed by atoms with van der Waals surface area (Å²) in [6.45, 7) is 1.31. The van der Waals surface area contributed by atoms with Crippen LogP contribution in [-0.2, 0) is 17.5 Å². The summed E-state index contributed by atoms with van der Waals surface area (Å²) < 4.78 is 39.9. The van der Waals surface area contributed by atoms with E-state index >= 15 is 0 Å². The third-order valence-corrected chi connectivity index (χ3v) is 4.39. The third kappa shape index (κ3) is 3.16. The number of anilines is 1. The minimum atomic E-state index is -4.64. The second-order valence-corrected chi connectivity index (χ2v) is 6.15. The molecule has 1 unspecified atom stereocenters. The Morgan fingerprint density at radius 1 is 1.31 bits per heavy atom. The minimum absolute atomic E-state index is 0.0712. The van der Waals surface area contributed by atoms with Crippen molar-refractivity contribution in [3.05, 3.63) is 48.0 Å². The van der Waals surface area contributed by atoms with E-state index in [1.165, 1.54) is 9.80 Å². The van der Waals surface area contributed by atoms with Crippen LogP contribution < -0.4 is 4.90 Å². The van der Waals surface area contributed by atoms with Gasteiger partial charge in [0.25, 0.3) is 5.91 Å². The molecule has 2 amide bonds. The van der Waals surface area contributed by atoms with Crippen LogP contribution in [0.2, 0.25) is 0 Å². The highest BCUT2D eigenvalue weighted by Gasteiger charge is 2.42. The molecule has 2 aromatic rings. The van der Waals surface area contributed by atoms with Crippen LogP contribution in [0.4, 0.5) is 18.9 Å². The van der Waals surface area contributed by atoms with E-state index in [-0.39, 0.29) is 24.7 Å². The lowest BCUT2D eigenvalue weighted by Crippen LogP contribution is -2.51. The molecule has 0 fully saturated rings. The number of nitrogens with zero attached hydrogens (tertiary/aromatic N) is 4. The molecular weight excluding hydrogens is 349 g/mol. The fourth-order valence-corrected chi connectivity index (χ4v) is 2.94. The number of amides is 2. The molecule has 0 radical (unpaired) electrons. The number of halogens is 3. The first-order valence-electron chi connectivity index (χ1n) is 7.95. The van der Waals surface area contributed by atoms with Gasteiger partial charge in [-0.1, -0.05) is 18.2 Å². The molecule has 0 bridgehead atoms. The van der Waals surface area contributed by atoms with Gasteiger partial charge in [0, 0.05) is 25.3 Å². The van der Waals surface area contributed by atoms with Crippen molar-refractivity contribution in [2.75, 3.05) is 18.5 Å². The molecule has 1 atom stereocenters. The Morgan fingerprint density at radius 2 is 1.96 bits per heavy atom. The zero-order chi connectivity index (χ0) is 19.1. The monoisotopic (exact) mass is 366 g/mol. The Labute approximate surface area is 147 Å². The number of fused-ring (bicyclic) bond motifs is 1. The number of alkyl halides is 3. The fraction of sp³-hybridized carbons (Fsp3) is 0.353. The molecule has 0 aliphatic carbocycles. The summed E-state index contributed by atoms with van der Waals surface area (Å²) in [6, 6.07) is 8.32. The van der Waals surface area contributed by atoms with Crippen molar-refractivity contribution in [3.63, 3.8) is 0 Å². The summed E-state index contributed by atoms with van der Waals surface area (Å²) in [6.07, 6.45) is -3.72. The number of hydrogen-bond donors (Lipinski definition) is 0. The van der Waals surface area contributed by atoms with E-state index in [0.717, 1.165) is 10.8 Å². The summed E-state index contributed by atoms with van der Waals surface area (Å²) in [5, 5.41) is 0. The Hall–Kier alpha value is -2.84. The SMILES string of the molecule is CC1Cn2c(cnc2C(F)(F)F)C(=O)N1CC(=O)N(C)c1ccccc1. The van der Waals surface area contributed by atoms with E-state index in [4.69, 9.17) is 0 Å². The van der Waals surface area contributed by atoms with E-state index in [1.54, 1.807) is 38.2 Å². The Morgan fingerprint density at radius 3 is 2.58 bits per heavy atom. The topological polar surface area (TPSA) is 58.4 Å². The fourth-order valence-electron chi connectivity index (χ4n) is 2.94. The number of aromatic nitrogens is 2. The predicted molar refractivity (Wildman–Crippen MR) is 87.6 cm³/mol. The van der Waals surface area contributed by atoms with E-state index in [0.29, 0.717) is 5.69 Å². The molecular formula is C17H17F3N4O2. The second kappa shape index (κ2) is 6.47. The van der Waals surface area contributed by atoms with Gasteiger partial charge in [0.05, 0.1) is 6.20 Å². The maximum absolute atomic E-state index is 13.0. The van der Waals surface area contributed by atoms with Gasteiger partial charge in [0.2, 0.25) is 11.7 Å². The molecule has 0 spiro atoms. The first-order valence-corrected chi connectivity index (χ1v) is 7.95. The number of imidazole rings is 1. The maximum atomic E-state index is 13.0. The van der Waals surface area contributed by atoms with Gasteiger partial charge in [-0.3, -0.25) is 9.59 Å². The summed E-state index contributed by atoms with van der Waals surface area (Å²) in [7, 11) is 1.59. The van der Waals surface area contributed by atoms with E-state index < -0.39 is 23.9 Å². The van der Waals surface area contributed by atoms with Crippen LogP contribution in [-0.4, -0.2) is 45.9 Å². The average molecular weight is 366 g/mol. The van der Waals surface area contributed by atoms with Gasteiger partial charge < -0.3 is 14.4 Å². The molecule has 1 aliphatic heterocycles. The van der Waals surface area contributed by atoms with Crippen LogP contribution >= 0.6 is 0 Å². The molecule has 9 heteroatoms. The van der Waals surface area contributed by atoms with Crippen LogP contribution in [0.5, 0.6) is 0 Å². The van der Waals surface area contributed by atoms with Gasteiger partial charge >= 0.3 is 6.18 Å².